The number of carboxylic acids is 1. The first-order chi connectivity index (χ1) is 16.1. The van der Waals surface area contributed by atoms with Crippen molar-refractivity contribution in [3.05, 3.63) is 87.5 Å². The van der Waals surface area contributed by atoms with E-state index in [1.807, 2.05) is 0 Å². The summed E-state index contributed by atoms with van der Waals surface area (Å²) in [6, 6.07) is 11.8. The average molecular weight is 497 g/mol. The SMILES string of the molecule is Cc1cc(/C=C2\C(=O)NC(=S)N(c3ccccc3F)C2=O)c(C)n1-c1ccc(Cl)c(C(=O)[O-])c1. The fourth-order valence-electron chi connectivity index (χ4n) is 3.80. The molecule has 1 aliphatic rings. The van der Waals surface area contributed by atoms with Crippen LogP contribution in [-0.4, -0.2) is 27.5 Å². The monoisotopic (exact) mass is 496 g/mol. The molecule has 1 aliphatic heterocycles. The molecule has 3 aromatic rings. The summed E-state index contributed by atoms with van der Waals surface area (Å²) in [5.41, 5.74) is 1.90. The second kappa shape index (κ2) is 8.85. The summed E-state index contributed by atoms with van der Waals surface area (Å²) >= 11 is 11.1. The summed E-state index contributed by atoms with van der Waals surface area (Å²) < 4.78 is 16.1. The highest BCUT2D eigenvalue weighted by Crippen LogP contribution is 2.28. The van der Waals surface area contributed by atoms with E-state index in [0.717, 1.165) is 4.90 Å². The number of benzene rings is 2. The van der Waals surface area contributed by atoms with Crippen LogP contribution in [-0.2, 0) is 9.59 Å². The van der Waals surface area contributed by atoms with E-state index in [9.17, 15) is 23.9 Å². The molecule has 0 aliphatic carbocycles. The number of carboxylic acid groups (broad SMARTS) is 1. The smallest absolute Gasteiger partial charge is 0.270 e. The summed E-state index contributed by atoms with van der Waals surface area (Å²) in [5.74, 6) is -3.56. The van der Waals surface area contributed by atoms with Crippen LogP contribution in [0, 0.1) is 19.7 Å². The van der Waals surface area contributed by atoms with E-state index in [2.05, 4.69) is 5.32 Å². The first kappa shape index (κ1) is 23.3. The number of aryl methyl sites for hydroxylation is 1. The third kappa shape index (κ3) is 4.00. The number of rotatable bonds is 4. The Balaban J connectivity index is 1.79. The van der Waals surface area contributed by atoms with Gasteiger partial charge >= 0.3 is 0 Å². The highest BCUT2D eigenvalue weighted by atomic mass is 35.5. The Kier molecular flexibility index (Phi) is 6.07. The minimum absolute atomic E-state index is 0.0437. The number of hydrogen-bond acceptors (Lipinski definition) is 5. The van der Waals surface area contributed by atoms with E-state index in [1.54, 1.807) is 36.6 Å². The van der Waals surface area contributed by atoms with Gasteiger partial charge in [-0.2, -0.15) is 0 Å². The maximum absolute atomic E-state index is 14.4. The number of halogens is 2. The number of para-hydroxylation sites is 1. The number of nitrogens with zero attached hydrogens (tertiary/aromatic N) is 2. The van der Waals surface area contributed by atoms with Crippen LogP contribution in [0.1, 0.15) is 27.3 Å². The molecule has 1 saturated heterocycles. The number of aromatic carboxylic acids is 1. The molecule has 0 radical (unpaired) electrons. The van der Waals surface area contributed by atoms with Crippen LogP contribution in [0.4, 0.5) is 10.1 Å². The molecule has 0 atom stereocenters. The molecular formula is C24H16ClFN3O4S-. The lowest BCUT2D eigenvalue weighted by molar-refractivity contribution is -0.255. The van der Waals surface area contributed by atoms with Crippen LogP contribution in [0.25, 0.3) is 11.8 Å². The highest BCUT2D eigenvalue weighted by molar-refractivity contribution is 7.80. The van der Waals surface area contributed by atoms with Gasteiger partial charge < -0.3 is 14.5 Å². The molecule has 1 N–H and O–H groups in total. The van der Waals surface area contributed by atoms with Crippen molar-refractivity contribution in [2.45, 2.75) is 13.8 Å². The third-order valence-corrected chi connectivity index (χ3v) is 6.01. The van der Waals surface area contributed by atoms with Gasteiger partial charge in [0.15, 0.2) is 5.11 Å². The maximum atomic E-state index is 14.4. The van der Waals surface area contributed by atoms with E-state index in [0.29, 0.717) is 22.6 Å². The van der Waals surface area contributed by atoms with Crippen LogP contribution in [0.5, 0.6) is 0 Å². The van der Waals surface area contributed by atoms with Crippen LogP contribution in [0.3, 0.4) is 0 Å². The zero-order valence-corrected chi connectivity index (χ0v) is 19.5. The topological polar surface area (TPSA) is 94.5 Å². The fraction of sp³-hybridized carbons (Fsp3) is 0.0833. The largest absolute Gasteiger partial charge is 0.545 e. The lowest BCUT2D eigenvalue weighted by Gasteiger charge is -2.29. The number of amides is 2. The Morgan fingerprint density at radius 3 is 2.53 bits per heavy atom. The number of carbonyl (C=O) groups excluding carboxylic acids is 3. The number of aromatic nitrogens is 1. The minimum atomic E-state index is -1.41. The maximum Gasteiger partial charge on any atom is 0.270 e. The van der Waals surface area contributed by atoms with Gasteiger partial charge in [-0.05, 0) is 74.1 Å². The first-order valence-electron chi connectivity index (χ1n) is 9.96. The summed E-state index contributed by atoms with van der Waals surface area (Å²) in [6.07, 6.45) is 1.39. The van der Waals surface area contributed by atoms with Gasteiger partial charge in [-0.1, -0.05) is 23.7 Å². The standard InChI is InChI=1S/C24H17ClFN3O4S/c1-12-9-14(13(2)28(12)15-7-8-18(25)16(11-15)23(32)33)10-17-21(30)27-24(34)29(22(17)31)20-6-4-3-5-19(20)26/h3-11H,1-2H3,(H,32,33)(H,27,30,34)/p-1/b17-10+. The van der Waals surface area contributed by atoms with Gasteiger partial charge in [0.1, 0.15) is 11.4 Å². The lowest BCUT2D eigenvalue weighted by atomic mass is 10.1. The summed E-state index contributed by atoms with van der Waals surface area (Å²) in [4.78, 5) is 38.1. The molecule has 0 unspecified atom stereocenters. The number of anilines is 1. The number of thiocarbonyl (C=S) groups is 1. The van der Waals surface area contributed by atoms with Crippen molar-refractivity contribution in [1.29, 1.82) is 0 Å². The van der Waals surface area contributed by atoms with Crippen LogP contribution >= 0.6 is 23.8 Å². The van der Waals surface area contributed by atoms with E-state index in [-0.39, 0.29) is 27.0 Å². The molecule has 0 bridgehead atoms. The molecule has 1 fully saturated rings. The molecule has 2 amide bonds. The number of nitrogens with one attached hydrogen (secondary N) is 1. The lowest BCUT2D eigenvalue weighted by Crippen LogP contribution is -2.54. The van der Waals surface area contributed by atoms with Crippen molar-refractivity contribution in [3.63, 3.8) is 0 Å². The van der Waals surface area contributed by atoms with Crippen molar-refractivity contribution in [2.24, 2.45) is 0 Å². The van der Waals surface area contributed by atoms with Crippen molar-refractivity contribution >= 4 is 58.5 Å². The predicted molar refractivity (Wildman–Crippen MR) is 127 cm³/mol. The van der Waals surface area contributed by atoms with Gasteiger partial charge in [0, 0.05) is 27.7 Å². The highest BCUT2D eigenvalue weighted by Gasteiger charge is 2.35. The van der Waals surface area contributed by atoms with Crippen molar-refractivity contribution in [2.75, 3.05) is 4.90 Å². The Hall–Kier alpha value is -3.82. The average Bonchev–Trinajstić information content (AvgIpc) is 3.05. The van der Waals surface area contributed by atoms with E-state index in [1.165, 1.54) is 36.4 Å². The number of carbonyl (C=O) groups is 3. The Morgan fingerprint density at radius 1 is 1.15 bits per heavy atom. The first-order valence-corrected chi connectivity index (χ1v) is 10.7. The van der Waals surface area contributed by atoms with Crippen molar-refractivity contribution in [1.82, 2.24) is 9.88 Å². The molecule has 4 rings (SSSR count). The molecule has 0 saturated carbocycles. The summed E-state index contributed by atoms with van der Waals surface area (Å²) in [6.45, 7) is 3.53. The van der Waals surface area contributed by atoms with Gasteiger partial charge in [-0.15, -0.1) is 0 Å². The normalized spacial score (nSPS) is 15.1. The molecule has 34 heavy (non-hydrogen) atoms. The molecule has 2 heterocycles. The molecule has 0 spiro atoms. The molecule has 2 aromatic carbocycles. The minimum Gasteiger partial charge on any atom is -0.545 e. The van der Waals surface area contributed by atoms with Gasteiger partial charge in [0.25, 0.3) is 11.8 Å². The predicted octanol–water partition coefficient (Wildman–Crippen LogP) is 3.08. The Labute approximate surface area is 204 Å². The second-order valence-corrected chi connectivity index (χ2v) is 8.32. The third-order valence-electron chi connectivity index (χ3n) is 5.39. The summed E-state index contributed by atoms with van der Waals surface area (Å²) in [5, 5.41) is 13.6. The Morgan fingerprint density at radius 2 is 1.85 bits per heavy atom. The quantitative estimate of drug-likeness (QED) is 0.340. The molecule has 1 aromatic heterocycles. The molecule has 10 heteroatoms. The molecule has 7 nitrogen and oxygen atoms in total. The van der Waals surface area contributed by atoms with E-state index < -0.39 is 23.6 Å². The van der Waals surface area contributed by atoms with Gasteiger partial charge in [-0.25, -0.2) is 9.29 Å². The molecular weight excluding hydrogens is 481 g/mol. The number of hydrogen-bond donors (Lipinski definition) is 1. The fourth-order valence-corrected chi connectivity index (χ4v) is 4.27. The van der Waals surface area contributed by atoms with Gasteiger partial charge in [0.2, 0.25) is 0 Å². The van der Waals surface area contributed by atoms with Crippen LogP contribution in [0.15, 0.2) is 54.1 Å². The van der Waals surface area contributed by atoms with Crippen LogP contribution < -0.4 is 15.3 Å². The van der Waals surface area contributed by atoms with E-state index in [4.69, 9.17) is 23.8 Å². The van der Waals surface area contributed by atoms with Crippen LogP contribution in [0.2, 0.25) is 5.02 Å². The van der Waals surface area contributed by atoms with Crippen molar-refractivity contribution < 1.29 is 23.9 Å². The van der Waals surface area contributed by atoms with Crippen molar-refractivity contribution in [3.8, 4) is 5.69 Å². The Bertz CT molecular complexity index is 1430. The van der Waals surface area contributed by atoms with Gasteiger partial charge in [0.05, 0.1) is 11.7 Å². The zero-order chi connectivity index (χ0) is 24.7. The van der Waals surface area contributed by atoms with Gasteiger partial charge in [-0.3, -0.25) is 14.9 Å². The molecule has 172 valence electrons. The summed E-state index contributed by atoms with van der Waals surface area (Å²) in [7, 11) is 0. The zero-order valence-electron chi connectivity index (χ0n) is 17.9. The van der Waals surface area contributed by atoms with E-state index >= 15 is 0 Å². The second-order valence-electron chi connectivity index (χ2n) is 7.52.